The molecule has 5 aromatic heterocycles. The number of halogens is 18. The van der Waals surface area contributed by atoms with Gasteiger partial charge >= 0.3 is 30.9 Å². The fourth-order valence-corrected chi connectivity index (χ4v) is 14.2. The van der Waals surface area contributed by atoms with Gasteiger partial charge in [-0.2, -0.15) is 65.9 Å². The van der Waals surface area contributed by atoms with E-state index in [0.717, 1.165) is 87.2 Å². The van der Waals surface area contributed by atoms with Crippen molar-refractivity contribution in [2.45, 2.75) is 155 Å². The van der Waals surface area contributed by atoms with Crippen molar-refractivity contribution in [3.63, 3.8) is 0 Å². The van der Waals surface area contributed by atoms with Gasteiger partial charge in [-0.3, -0.25) is 0 Å². The largest absolute Gasteiger partial charge is 0.418 e. The molecule has 0 fully saturated rings. The molecule has 0 atom stereocenters. The SMILES string of the molecule is CCCCCc1cc(-c2nccc3cccc(F)c23)[c-]cc1C(F)(F)F.CCCCc1c[c-]c(-c2ncc(C(F)(F)F)c3ccccc23)cc1.CCCCc1c[c-]c(-c2nccc3c(C(F)(F)F)cccc23)cc1.CCCc1cc(-c2nccc3c(F)cccc23)[c-]cc1C(F)(F)F.CCCc1cc(-c2nccc3ccc(F)cc23)[c-]cc1C(F)(F)F.[Ir].[Ir].[Ir].[Ir].[Ir]. The molecule has 127 heavy (non-hydrogen) atoms. The summed E-state index contributed by atoms with van der Waals surface area (Å²) in [6.45, 7) is 9.91. The summed E-state index contributed by atoms with van der Waals surface area (Å²) in [6.07, 6.45) is -4.26. The van der Waals surface area contributed by atoms with Crippen LogP contribution in [0.3, 0.4) is 0 Å². The van der Waals surface area contributed by atoms with Crippen molar-refractivity contribution in [1.29, 1.82) is 0 Å². The first-order valence-electron chi connectivity index (χ1n) is 39.6. The predicted molar refractivity (Wildman–Crippen MR) is 443 cm³/mol. The third-order valence-electron chi connectivity index (χ3n) is 20.2. The van der Waals surface area contributed by atoms with Crippen LogP contribution in [0, 0.1) is 47.8 Å². The molecular weight excluding hydrogens is 2560 g/mol. The summed E-state index contributed by atoms with van der Waals surface area (Å²) >= 11 is 0. The Bertz CT molecular complexity index is 5920. The Morgan fingerprint density at radius 1 is 0.268 bits per heavy atom. The molecule has 0 unspecified atom stereocenters. The fourth-order valence-electron chi connectivity index (χ4n) is 14.2. The maximum Gasteiger partial charge on any atom is 0.418 e. The standard InChI is InChI=1S/C21H18F4N.2C20H17F3N.2C19H14F4N.5Ir/c1-2-3-4-6-15-13-16(9-10-17(15)21(23,24)25)20-19-14(11-12-26-20)7-5-8-18(19)22;1-2-3-6-14-9-11-15(12-10-14)19-17-8-5-4-7-16(17)18(13-24-19)20(21,22)23;1-2-3-5-14-8-10-15(11-9-14)19-17-6-4-7-18(20(21,22)23)16(17)12-13-24-19;1-2-4-12-11-13(7-8-16(12)19(21,22)23)18-15-5-3-6-17(20)14(15)9-10-24-18;1-2-3-13-10-14(5-7-17(13)19(21,22)23)18-16-11-15(20)6-4-12(16)8-9-24-18;;;;;/h5,7-8,10-13H,2-4,6H2,1H3;4-5,7-11,13H,2-3,6H2,1H3;4,6-10,12-13H,2-3,5H2,1H3;3,5-6,8-11H,2,4H2,1H3;4,6-11H,2-3H2,1H3;;;;;/q5*-1;;;;;. The second kappa shape index (κ2) is 48.2. The van der Waals surface area contributed by atoms with Gasteiger partial charge in [0.25, 0.3) is 0 Å². The normalized spacial score (nSPS) is 11.4. The molecule has 677 valence electrons. The molecule has 0 saturated carbocycles. The number of aromatic nitrogens is 5. The number of nitrogens with zero attached hydrogens (tertiary/aromatic N) is 5. The smallest absolute Gasteiger partial charge is 0.304 e. The number of hydrogen-bond donors (Lipinski definition) is 0. The Kier molecular flexibility index (Phi) is 40.6. The molecular formula is C99H80F18Ir5N5-5. The van der Waals surface area contributed by atoms with Crippen molar-refractivity contribution in [3.05, 3.63) is 329 Å². The molecule has 15 aromatic rings. The van der Waals surface area contributed by atoms with Crippen LogP contribution in [0.15, 0.2) is 225 Å². The summed E-state index contributed by atoms with van der Waals surface area (Å²) in [5.74, 6) is -1.26. The van der Waals surface area contributed by atoms with E-state index in [2.05, 4.69) is 69.1 Å². The van der Waals surface area contributed by atoms with Crippen LogP contribution in [0.25, 0.3) is 110 Å². The summed E-state index contributed by atoms with van der Waals surface area (Å²) in [7, 11) is 0. The number of aryl methyl sites for hydroxylation is 5. The second-order valence-electron chi connectivity index (χ2n) is 28.9. The van der Waals surface area contributed by atoms with E-state index in [4.69, 9.17) is 0 Å². The fraction of sp³-hybridized carbons (Fsp3) is 0.242. The van der Waals surface area contributed by atoms with Gasteiger partial charge in [0.1, 0.15) is 17.5 Å². The minimum absolute atomic E-state index is 0. The first-order chi connectivity index (χ1) is 58.2. The molecule has 0 spiro atoms. The van der Waals surface area contributed by atoms with Crippen LogP contribution in [0.5, 0.6) is 0 Å². The molecule has 0 saturated heterocycles. The number of hydrogen-bond acceptors (Lipinski definition) is 5. The number of fused-ring (bicyclic) bond motifs is 5. The molecule has 0 N–H and O–H groups in total. The number of pyridine rings is 5. The topological polar surface area (TPSA) is 64.5 Å². The Morgan fingerprint density at radius 3 is 1.13 bits per heavy atom. The van der Waals surface area contributed by atoms with Crippen molar-refractivity contribution in [2.75, 3.05) is 0 Å². The van der Waals surface area contributed by atoms with Gasteiger partial charge in [0.05, 0.1) is 11.1 Å². The maximum atomic E-state index is 14.3. The molecule has 0 aliphatic carbocycles. The van der Waals surface area contributed by atoms with Crippen LogP contribution in [-0.4, -0.2) is 24.9 Å². The monoisotopic (exact) mass is 2650 g/mol. The van der Waals surface area contributed by atoms with E-state index in [1.807, 2.05) is 57.2 Å². The van der Waals surface area contributed by atoms with E-state index in [9.17, 15) is 79.0 Å². The van der Waals surface area contributed by atoms with Gasteiger partial charge in [0, 0.05) is 142 Å². The van der Waals surface area contributed by atoms with Crippen molar-refractivity contribution in [1.82, 2.24) is 24.9 Å². The zero-order chi connectivity index (χ0) is 87.7. The van der Waals surface area contributed by atoms with Crippen LogP contribution in [0.2, 0.25) is 0 Å². The van der Waals surface area contributed by atoms with Gasteiger partial charge in [-0.05, 0) is 162 Å². The third-order valence-corrected chi connectivity index (χ3v) is 20.2. The van der Waals surface area contributed by atoms with Crippen molar-refractivity contribution >= 4 is 53.9 Å². The first kappa shape index (κ1) is 107. The van der Waals surface area contributed by atoms with Gasteiger partial charge < -0.3 is 24.9 Å². The molecule has 28 heteroatoms. The molecule has 5 radical (unpaired) electrons. The molecule has 5 heterocycles. The van der Waals surface area contributed by atoms with E-state index in [1.54, 1.807) is 79.0 Å². The average molecular weight is 2640 g/mol. The van der Waals surface area contributed by atoms with E-state index >= 15 is 0 Å². The van der Waals surface area contributed by atoms with Crippen molar-refractivity contribution in [3.8, 4) is 56.3 Å². The molecule has 0 bridgehead atoms. The summed E-state index contributed by atoms with van der Waals surface area (Å²) in [5.41, 5.74) is 4.46. The minimum Gasteiger partial charge on any atom is -0.304 e. The molecule has 15 rings (SSSR count). The van der Waals surface area contributed by atoms with Crippen molar-refractivity contribution in [2.24, 2.45) is 0 Å². The van der Waals surface area contributed by atoms with Crippen molar-refractivity contribution < 1.29 is 180 Å². The number of alkyl halides is 15. The van der Waals surface area contributed by atoms with E-state index in [0.29, 0.717) is 133 Å². The van der Waals surface area contributed by atoms with Crippen LogP contribution < -0.4 is 0 Å². The van der Waals surface area contributed by atoms with E-state index in [1.165, 1.54) is 90.4 Å². The van der Waals surface area contributed by atoms with Gasteiger partial charge in [-0.1, -0.05) is 172 Å². The predicted octanol–water partition coefficient (Wildman–Crippen LogP) is 30.3. The van der Waals surface area contributed by atoms with Gasteiger partial charge in [0.2, 0.25) is 0 Å². The molecule has 0 amide bonds. The van der Waals surface area contributed by atoms with Gasteiger partial charge in [-0.25, -0.2) is 13.2 Å². The summed E-state index contributed by atoms with van der Waals surface area (Å²) < 4.78 is 240. The molecule has 5 nitrogen and oxygen atoms in total. The Morgan fingerprint density at radius 2 is 0.654 bits per heavy atom. The number of unbranched alkanes of at least 4 members (excludes halogenated alkanes) is 4. The zero-order valence-electron chi connectivity index (χ0n) is 68.5. The zero-order valence-corrected chi connectivity index (χ0v) is 80.4. The first-order valence-corrected chi connectivity index (χ1v) is 39.6. The van der Waals surface area contributed by atoms with E-state index < -0.39 is 76.2 Å². The summed E-state index contributed by atoms with van der Waals surface area (Å²) in [6, 6.07) is 63.7. The minimum atomic E-state index is -4.44. The number of rotatable bonds is 19. The molecule has 0 aliphatic rings. The van der Waals surface area contributed by atoms with Crippen LogP contribution >= 0.6 is 0 Å². The molecule has 0 aliphatic heterocycles. The Labute approximate surface area is 792 Å². The Balaban J connectivity index is 0.000000243. The second-order valence-corrected chi connectivity index (χ2v) is 28.9. The van der Waals surface area contributed by atoms with Crippen LogP contribution in [0.1, 0.15) is 148 Å². The van der Waals surface area contributed by atoms with Crippen LogP contribution in [0.4, 0.5) is 79.0 Å². The van der Waals surface area contributed by atoms with Gasteiger partial charge in [-0.15, -0.1) is 159 Å². The quantitative estimate of drug-likeness (QED) is 0.0459. The number of benzene rings is 10. The summed E-state index contributed by atoms with van der Waals surface area (Å²) in [4.78, 5) is 21.1. The van der Waals surface area contributed by atoms with Crippen LogP contribution in [-0.2, 0) is 164 Å². The van der Waals surface area contributed by atoms with E-state index in [-0.39, 0.29) is 128 Å². The third kappa shape index (κ3) is 27.4. The maximum absolute atomic E-state index is 14.3. The van der Waals surface area contributed by atoms with Gasteiger partial charge in [0.15, 0.2) is 0 Å². The Hall–Kier alpha value is -8.76. The summed E-state index contributed by atoms with van der Waals surface area (Å²) in [5, 5.41) is 4.51. The average Bonchev–Trinajstić information content (AvgIpc) is 0.743. The molecule has 10 aromatic carbocycles.